The summed E-state index contributed by atoms with van der Waals surface area (Å²) in [6.07, 6.45) is 1.65. The first-order valence-electron chi connectivity index (χ1n) is 9.03. The molecule has 0 unspecified atom stereocenters. The summed E-state index contributed by atoms with van der Waals surface area (Å²) in [5.74, 6) is -1.20. The van der Waals surface area contributed by atoms with Crippen LogP contribution in [-0.2, 0) is 25.9 Å². The van der Waals surface area contributed by atoms with E-state index in [1.165, 1.54) is 14.2 Å². The molecule has 0 radical (unpaired) electrons. The molecule has 0 saturated heterocycles. The molecule has 0 aliphatic carbocycles. The third kappa shape index (κ3) is 5.63. The van der Waals surface area contributed by atoms with Crippen molar-refractivity contribution >= 4 is 23.1 Å². The predicted octanol–water partition coefficient (Wildman–Crippen LogP) is 3.14. The lowest BCUT2D eigenvalue weighted by atomic mass is 9.99. The van der Waals surface area contributed by atoms with Gasteiger partial charge in [0.1, 0.15) is 26.5 Å². The zero-order valence-electron chi connectivity index (χ0n) is 17.5. The van der Waals surface area contributed by atoms with Crippen LogP contribution in [0.5, 0.6) is 0 Å². The number of pyridine rings is 1. The highest BCUT2D eigenvalue weighted by atomic mass is 16.6. The van der Waals surface area contributed by atoms with Crippen molar-refractivity contribution in [3.8, 4) is 0 Å². The maximum Gasteiger partial charge on any atom is 0.358 e. The first kappa shape index (κ1) is 22.5. The molecule has 1 aromatic carbocycles. The Morgan fingerprint density at radius 1 is 1.07 bits per heavy atom. The van der Waals surface area contributed by atoms with Gasteiger partial charge in [-0.1, -0.05) is 33.7 Å². The number of oxime groups is 3. The Labute approximate surface area is 174 Å². The second-order valence-electron chi connectivity index (χ2n) is 6.27. The maximum absolute atomic E-state index is 11.5. The summed E-state index contributed by atoms with van der Waals surface area (Å²) in [6.45, 7) is 5.50. The van der Waals surface area contributed by atoms with Gasteiger partial charge in [-0.25, -0.2) is 4.79 Å². The number of aromatic nitrogens is 1. The average molecular weight is 412 g/mol. The van der Waals surface area contributed by atoms with E-state index in [4.69, 9.17) is 9.68 Å². The minimum absolute atomic E-state index is 0.0548. The van der Waals surface area contributed by atoms with Crippen LogP contribution < -0.4 is 0 Å². The molecule has 0 atom stereocenters. The van der Waals surface area contributed by atoms with E-state index in [0.717, 1.165) is 11.1 Å². The van der Waals surface area contributed by atoms with Crippen molar-refractivity contribution in [1.29, 1.82) is 0 Å². The van der Waals surface area contributed by atoms with Crippen LogP contribution >= 0.6 is 0 Å². The molecule has 1 heterocycles. The van der Waals surface area contributed by atoms with Gasteiger partial charge >= 0.3 is 5.97 Å². The molecule has 158 valence electrons. The smallest absolute Gasteiger partial charge is 0.358 e. The molecule has 1 aromatic heterocycles. The zero-order chi connectivity index (χ0) is 22.1. The second-order valence-corrected chi connectivity index (χ2v) is 6.27. The number of nitrogens with zero attached hydrogens (tertiary/aromatic N) is 4. The summed E-state index contributed by atoms with van der Waals surface area (Å²) in [4.78, 5) is 30.8. The number of rotatable bonds is 9. The predicted molar refractivity (Wildman–Crippen MR) is 113 cm³/mol. The van der Waals surface area contributed by atoms with Gasteiger partial charge in [0.2, 0.25) is 0 Å². The van der Waals surface area contributed by atoms with E-state index in [2.05, 4.69) is 25.3 Å². The maximum atomic E-state index is 11.5. The number of aliphatic carboxylic acids is 1. The molecule has 0 saturated carbocycles. The summed E-state index contributed by atoms with van der Waals surface area (Å²) in [5, 5.41) is 21.1. The lowest BCUT2D eigenvalue weighted by Gasteiger charge is -2.11. The van der Waals surface area contributed by atoms with Gasteiger partial charge in [-0.3, -0.25) is 4.98 Å². The SMILES string of the molecule is CO/N=C(\C)c1ccnc(/C(C)=N/OCc2c(C)cccc2/C(=N\OC)C(=O)O)c1. The summed E-state index contributed by atoms with van der Waals surface area (Å²) < 4.78 is 0. The van der Waals surface area contributed by atoms with Crippen LogP contribution in [-0.4, -0.2) is 47.4 Å². The number of carboxylic acid groups (broad SMARTS) is 1. The van der Waals surface area contributed by atoms with Gasteiger partial charge in [0.05, 0.1) is 11.4 Å². The standard InChI is InChI=1S/C21H24N4O5/c1-13-7-6-8-17(20(21(26)27)25-29-5)18(13)12-30-24-15(3)19-11-16(9-10-22-19)14(2)23-28-4/h6-11H,12H2,1-5H3,(H,26,27)/b23-14+,24-15+,25-20+. The number of aryl methyl sites for hydroxylation is 1. The summed E-state index contributed by atoms with van der Waals surface area (Å²) in [7, 11) is 2.78. The number of carboxylic acids is 1. The van der Waals surface area contributed by atoms with Crippen molar-refractivity contribution in [2.75, 3.05) is 14.2 Å². The fourth-order valence-corrected chi connectivity index (χ4v) is 2.69. The van der Waals surface area contributed by atoms with Gasteiger partial charge in [0.15, 0.2) is 5.71 Å². The summed E-state index contributed by atoms with van der Waals surface area (Å²) in [5.41, 5.74) is 4.43. The van der Waals surface area contributed by atoms with Gasteiger partial charge in [0.25, 0.3) is 0 Å². The van der Waals surface area contributed by atoms with Crippen LogP contribution in [0.25, 0.3) is 0 Å². The number of benzene rings is 1. The van der Waals surface area contributed by atoms with Gasteiger partial charge in [-0.2, -0.15) is 0 Å². The molecule has 0 bridgehead atoms. The summed E-state index contributed by atoms with van der Waals surface area (Å²) >= 11 is 0. The fourth-order valence-electron chi connectivity index (χ4n) is 2.69. The van der Waals surface area contributed by atoms with Gasteiger partial charge in [0, 0.05) is 22.9 Å². The lowest BCUT2D eigenvalue weighted by molar-refractivity contribution is -0.129. The fraction of sp³-hybridized carbons (Fsp3) is 0.286. The molecule has 0 fully saturated rings. The topological polar surface area (TPSA) is 115 Å². The van der Waals surface area contributed by atoms with E-state index >= 15 is 0 Å². The highest BCUT2D eigenvalue weighted by Crippen LogP contribution is 2.18. The van der Waals surface area contributed by atoms with E-state index in [1.807, 2.05) is 32.0 Å². The first-order chi connectivity index (χ1) is 14.4. The van der Waals surface area contributed by atoms with Crippen molar-refractivity contribution in [3.63, 3.8) is 0 Å². The van der Waals surface area contributed by atoms with Crippen molar-refractivity contribution in [2.45, 2.75) is 27.4 Å². The van der Waals surface area contributed by atoms with Crippen LogP contribution in [0.1, 0.15) is 41.8 Å². The van der Waals surface area contributed by atoms with Crippen LogP contribution in [0.4, 0.5) is 0 Å². The van der Waals surface area contributed by atoms with Gasteiger partial charge in [-0.15, -0.1) is 0 Å². The molecule has 2 aromatic rings. The second kappa shape index (κ2) is 10.7. The third-order valence-electron chi connectivity index (χ3n) is 4.24. The van der Waals surface area contributed by atoms with Crippen LogP contribution in [0, 0.1) is 6.92 Å². The molecule has 2 rings (SSSR count). The van der Waals surface area contributed by atoms with E-state index in [1.54, 1.807) is 25.3 Å². The van der Waals surface area contributed by atoms with E-state index < -0.39 is 5.97 Å². The van der Waals surface area contributed by atoms with Crippen LogP contribution in [0.15, 0.2) is 52.0 Å². The van der Waals surface area contributed by atoms with Gasteiger partial charge < -0.3 is 19.6 Å². The highest BCUT2D eigenvalue weighted by Gasteiger charge is 2.19. The third-order valence-corrected chi connectivity index (χ3v) is 4.24. The average Bonchev–Trinajstić information content (AvgIpc) is 2.73. The van der Waals surface area contributed by atoms with E-state index in [9.17, 15) is 9.90 Å². The number of hydrogen-bond donors (Lipinski definition) is 1. The van der Waals surface area contributed by atoms with Crippen molar-refractivity contribution in [2.24, 2.45) is 15.5 Å². The van der Waals surface area contributed by atoms with Crippen LogP contribution in [0.2, 0.25) is 0 Å². The summed E-state index contributed by atoms with van der Waals surface area (Å²) in [6, 6.07) is 8.89. The molecule has 9 heteroatoms. The first-order valence-corrected chi connectivity index (χ1v) is 9.03. The molecule has 0 spiro atoms. The zero-order valence-corrected chi connectivity index (χ0v) is 17.5. The number of carbonyl (C=O) groups is 1. The molecule has 0 amide bonds. The Morgan fingerprint density at radius 3 is 2.47 bits per heavy atom. The minimum Gasteiger partial charge on any atom is -0.476 e. The highest BCUT2D eigenvalue weighted by molar-refractivity contribution is 6.42. The Balaban J connectivity index is 2.25. The van der Waals surface area contributed by atoms with Crippen molar-refractivity contribution in [3.05, 3.63) is 64.5 Å². The largest absolute Gasteiger partial charge is 0.476 e. The quantitative estimate of drug-likeness (QED) is 0.500. The normalized spacial score (nSPS) is 12.5. The lowest BCUT2D eigenvalue weighted by Crippen LogP contribution is -2.18. The molecule has 1 N–H and O–H groups in total. The van der Waals surface area contributed by atoms with Crippen molar-refractivity contribution < 1.29 is 24.4 Å². The Bertz CT molecular complexity index is 999. The molecular formula is C21H24N4O5. The number of hydrogen-bond acceptors (Lipinski definition) is 8. The van der Waals surface area contributed by atoms with Gasteiger partial charge in [-0.05, 0) is 38.5 Å². The molecule has 30 heavy (non-hydrogen) atoms. The van der Waals surface area contributed by atoms with Crippen molar-refractivity contribution in [1.82, 2.24) is 4.98 Å². The van der Waals surface area contributed by atoms with E-state index in [-0.39, 0.29) is 12.3 Å². The monoisotopic (exact) mass is 412 g/mol. The Morgan fingerprint density at radius 2 is 1.80 bits per heavy atom. The molecule has 0 aliphatic rings. The minimum atomic E-state index is -1.20. The molecule has 0 aliphatic heterocycles. The Kier molecular flexibility index (Phi) is 8.04. The molecule has 9 nitrogen and oxygen atoms in total. The Hall–Kier alpha value is -3.75. The van der Waals surface area contributed by atoms with E-state index in [0.29, 0.717) is 28.2 Å². The van der Waals surface area contributed by atoms with Crippen LogP contribution in [0.3, 0.4) is 0 Å². The molecular weight excluding hydrogens is 388 g/mol.